The van der Waals surface area contributed by atoms with Crippen LogP contribution in [-0.4, -0.2) is 49.8 Å². The SMILES string of the molecule is Cc1ccc2sc(N(CCN(C)C)C(=O)/C=C/c3ccc4c(c3)OCO4)nc2c1C. The molecule has 0 spiro atoms. The minimum absolute atomic E-state index is 0.0945. The molecule has 156 valence electrons. The molecule has 0 aliphatic carbocycles. The molecule has 1 amide bonds. The Hall–Kier alpha value is -2.90. The van der Waals surface area contributed by atoms with Crippen LogP contribution >= 0.6 is 11.3 Å². The second kappa shape index (κ2) is 8.45. The number of aromatic nitrogens is 1. The van der Waals surface area contributed by atoms with Crippen LogP contribution in [-0.2, 0) is 4.79 Å². The van der Waals surface area contributed by atoms with Crippen LogP contribution < -0.4 is 14.4 Å². The first kappa shape index (κ1) is 20.4. The molecule has 0 saturated heterocycles. The molecule has 6 nitrogen and oxygen atoms in total. The lowest BCUT2D eigenvalue weighted by Gasteiger charge is -2.20. The molecule has 0 fully saturated rings. The summed E-state index contributed by atoms with van der Waals surface area (Å²) in [5.74, 6) is 1.33. The third-order valence-electron chi connectivity index (χ3n) is 5.16. The highest BCUT2D eigenvalue weighted by atomic mass is 32.1. The Bertz CT molecular complexity index is 1120. The predicted molar refractivity (Wildman–Crippen MR) is 122 cm³/mol. The summed E-state index contributed by atoms with van der Waals surface area (Å²) in [6, 6.07) is 9.82. The molecule has 0 atom stereocenters. The number of fused-ring (bicyclic) bond motifs is 2. The van der Waals surface area contributed by atoms with Gasteiger partial charge in [-0.25, -0.2) is 4.98 Å². The third-order valence-corrected chi connectivity index (χ3v) is 6.20. The molecule has 2 aromatic carbocycles. The standard InChI is InChI=1S/C23H25N3O3S/c1-15-5-9-20-22(16(15)2)24-23(30-20)26(12-11-25(3)4)21(27)10-7-17-6-8-18-19(13-17)29-14-28-18/h5-10,13H,11-12,14H2,1-4H3/b10-7+. The molecule has 3 aromatic rings. The van der Waals surface area contributed by atoms with Crippen LogP contribution in [0.4, 0.5) is 5.13 Å². The lowest BCUT2D eigenvalue weighted by Crippen LogP contribution is -2.35. The maximum Gasteiger partial charge on any atom is 0.252 e. The zero-order valence-corrected chi connectivity index (χ0v) is 18.5. The zero-order valence-electron chi connectivity index (χ0n) is 17.6. The van der Waals surface area contributed by atoms with E-state index in [9.17, 15) is 4.79 Å². The Morgan fingerprint density at radius 2 is 1.93 bits per heavy atom. The molecule has 4 rings (SSSR count). The minimum Gasteiger partial charge on any atom is -0.454 e. The average molecular weight is 424 g/mol. The lowest BCUT2D eigenvalue weighted by atomic mass is 10.1. The molecule has 1 aliphatic heterocycles. The van der Waals surface area contributed by atoms with Gasteiger partial charge in [-0.3, -0.25) is 9.69 Å². The van der Waals surface area contributed by atoms with Crippen molar-refractivity contribution in [3.63, 3.8) is 0 Å². The van der Waals surface area contributed by atoms with E-state index in [0.717, 1.165) is 38.8 Å². The highest BCUT2D eigenvalue weighted by molar-refractivity contribution is 7.22. The van der Waals surface area contributed by atoms with Crippen molar-refractivity contribution in [2.75, 3.05) is 38.9 Å². The van der Waals surface area contributed by atoms with Gasteiger partial charge in [0.05, 0.1) is 10.2 Å². The maximum absolute atomic E-state index is 13.1. The van der Waals surface area contributed by atoms with Crippen molar-refractivity contribution in [2.45, 2.75) is 13.8 Å². The van der Waals surface area contributed by atoms with Gasteiger partial charge in [-0.2, -0.15) is 0 Å². The topological polar surface area (TPSA) is 54.9 Å². The highest BCUT2D eigenvalue weighted by Gasteiger charge is 2.19. The smallest absolute Gasteiger partial charge is 0.252 e. The number of nitrogens with zero attached hydrogens (tertiary/aromatic N) is 3. The molecule has 1 aliphatic rings. The number of hydrogen-bond acceptors (Lipinski definition) is 6. The maximum atomic E-state index is 13.1. The molecule has 0 radical (unpaired) electrons. The molecule has 7 heteroatoms. The molecule has 1 aromatic heterocycles. The second-order valence-electron chi connectivity index (χ2n) is 7.59. The molecular formula is C23H25N3O3S. The summed E-state index contributed by atoms with van der Waals surface area (Å²) in [6.45, 7) is 5.70. The van der Waals surface area contributed by atoms with Crippen molar-refractivity contribution >= 4 is 38.7 Å². The summed E-state index contributed by atoms with van der Waals surface area (Å²) in [7, 11) is 3.99. The summed E-state index contributed by atoms with van der Waals surface area (Å²) in [5.41, 5.74) is 4.22. The molecule has 30 heavy (non-hydrogen) atoms. The van der Waals surface area contributed by atoms with Gasteiger partial charge in [0.2, 0.25) is 6.79 Å². The number of rotatable bonds is 6. The van der Waals surface area contributed by atoms with E-state index < -0.39 is 0 Å². The average Bonchev–Trinajstić information content (AvgIpc) is 3.36. The minimum atomic E-state index is -0.0945. The molecule has 0 unspecified atom stereocenters. The molecule has 0 N–H and O–H groups in total. The largest absolute Gasteiger partial charge is 0.454 e. The van der Waals surface area contributed by atoms with E-state index in [0.29, 0.717) is 12.3 Å². The molecular weight excluding hydrogens is 398 g/mol. The van der Waals surface area contributed by atoms with Crippen LogP contribution in [0.5, 0.6) is 11.5 Å². The Morgan fingerprint density at radius 1 is 1.13 bits per heavy atom. The Labute approximate surface area is 180 Å². The van der Waals surface area contributed by atoms with E-state index >= 15 is 0 Å². The zero-order chi connectivity index (χ0) is 21.3. The second-order valence-corrected chi connectivity index (χ2v) is 8.60. The van der Waals surface area contributed by atoms with Gasteiger partial charge in [-0.1, -0.05) is 23.5 Å². The van der Waals surface area contributed by atoms with Gasteiger partial charge in [-0.05, 0) is 68.9 Å². The number of carbonyl (C=O) groups excluding carboxylic acids is 1. The number of hydrogen-bond donors (Lipinski definition) is 0. The molecule has 0 saturated carbocycles. The van der Waals surface area contributed by atoms with E-state index in [1.165, 1.54) is 5.56 Å². The van der Waals surface area contributed by atoms with Gasteiger partial charge in [0, 0.05) is 19.2 Å². The van der Waals surface area contributed by atoms with Crippen LogP contribution in [0, 0.1) is 13.8 Å². The first-order valence-corrected chi connectivity index (χ1v) is 10.6. The number of aryl methyl sites for hydroxylation is 2. The fraction of sp³-hybridized carbons (Fsp3) is 0.304. The van der Waals surface area contributed by atoms with Gasteiger partial charge in [0.1, 0.15) is 0 Å². The van der Waals surface area contributed by atoms with Gasteiger partial charge in [-0.15, -0.1) is 0 Å². The van der Waals surface area contributed by atoms with Gasteiger partial charge >= 0.3 is 0 Å². The number of ether oxygens (including phenoxy) is 2. The van der Waals surface area contributed by atoms with E-state index in [2.05, 4.69) is 30.9 Å². The summed E-state index contributed by atoms with van der Waals surface area (Å²) >= 11 is 1.55. The number of benzene rings is 2. The van der Waals surface area contributed by atoms with Crippen molar-refractivity contribution in [3.05, 3.63) is 53.1 Å². The fourth-order valence-corrected chi connectivity index (χ4v) is 4.26. The van der Waals surface area contributed by atoms with E-state index in [1.54, 1.807) is 28.4 Å². The summed E-state index contributed by atoms with van der Waals surface area (Å²) in [4.78, 5) is 21.7. The van der Waals surface area contributed by atoms with Gasteiger partial charge < -0.3 is 14.4 Å². The van der Waals surface area contributed by atoms with Gasteiger partial charge in [0.15, 0.2) is 16.6 Å². The van der Waals surface area contributed by atoms with Crippen molar-refractivity contribution in [1.29, 1.82) is 0 Å². The number of carbonyl (C=O) groups is 1. The Morgan fingerprint density at radius 3 is 2.73 bits per heavy atom. The normalized spacial score (nSPS) is 13.0. The summed E-state index contributed by atoms with van der Waals surface area (Å²) in [6.07, 6.45) is 3.40. The van der Waals surface area contributed by atoms with E-state index in [4.69, 9.17) is 14.5 Å². The van der Waals surface area contributed by atoms with Crippen molar-refractivity contribution < 1.29 is 14.3 Å². The first-order valence-electron chi connectivity index (χ1n) is 9.83. The molecule has 2 heterocycles. The highest BCUT2D eigenvalue weighted by Crippen LogP contribution is 2.34. The number of anilines is 1. The Kier molecular flexibility index (Phi) is 5.74. The fourth-order valence-electron chi connectivity index (χ4n) is 3.20. The number of amides is 1. The van der Waals surface area contributed by atoms with Crippen molar-refractivity contribution in [1.82, 2.24) is 9.88 Å². The van der Waals surface area contributed by atoms with E-state index in [1.807, 2.05) is 32.3 Å². The summed E-state index contributed by atoms with van der Waals surface area (Å²) < 4.78 is 11.9. The number of likely N-dealkylation sites (N-methyl/N-ethyl adjacent to an activating group) is 1. The van der Waals surface area contributed by atoms with Crippen molar-refractivity contribution in [2.24, 2.45) is 0 Å². The lowest BCUT2D eigenvalue weighted by molar-refractivity contribution is -0.114. The van der Waals surface area contributed by atoms with Crippen LogP contribution in [0.25, 0.3) is 16.3 Å². The van der Waals surface area contributed by atoms with E-state index in [-0.39, 0.29) is 12.7 Å². The van der Waals surface area contributed by atoms with Crippen LogP contribution in [0.1, 0.15) is 16.7 Å². The first-order chi connectivity index (χ1) is 14.4. The Balaban J connectivity index is 1.61. The predicted octanol–water partition coefficient (Wildman–Crippen LogP) is 4.25. The van der Waals surface area contributed by atoms with Crippen LogP contribution in [0.3, 0.4) is 0 Å². The quantitative estimate of drug-likeness (QED) is 0.555. The monoisotopic (exact) mass is 423 g/mol. The van der Waals surface area contributed by atoms with Crippen LogP contribution in [0.2, 0.25) is 0 Å². The van der Waals surface area contributed by atoms with Gasteiger partial charge in [0.25, 0.3) is 5.91 Å². The molecule has 0 bridgehead atoms. The number of thiazole rings is 1. The third kappa shape index (κ3) is 4.17. The van der Waals surface area contributed by atoms with Crippen LogP contribution in [0.15, 0.2) is 36.4 Å². The summed E-state index contributed by atoms with van der Waals surface area (Å²) in [5, 5.41) is 0.723. The van der Waals surface area contributed by atoms with Crippen molar-refractivity contribution in [3.8, 4) is 11.5 Å².